The monoisotopic (exact) mass is 222 g/mol. The maximum Gasteiger partial charge on any atom is 0.148 e. The van der Waals surface area contributed by atoms with Crippen molar-refractivity contribution in [2.24, 2.45) is 11.8 Å². The van der Waals surface area contributed by atoms with Crippen molar-refractivity contribution in [2.75, 3.05) is 17.6 Å². The van der Waals surface area contributed by atoms with Gasteiger partial charge >= 0.3 is 0 Å². The number of hydrogen-bond acceptors (Lipinski definition) is 2. The van der Waals surface area contributed by atoms with Gasteiger partial charge in [-0.1, -0.05) is 19.8 Å². The van der Waals surface area contributed by atoms with Crippen molar-refractivity contribution in [1.82, 2.24) is 0 Å². The molecule has 1 aromatic carbocycles. The van der Waals surface area contributed by atoms with Gasteiger partial charge < -0.3 is 11.1 Å². The predicted octanol–water partition coefficient (Wildman–Crippen LogP) is 3.26. The quantitative estimate of drug-likeness (QED) is 0.770. The molecule has 0 saturated heterocycles. The molecule has 1 aromatic rings. The number of benzene rings is 1. The Morgan fingerprint density at radius 2 is 2.25 bits per heavy atom. The molecule has 0 aliphatic heterocycles. The van der Waals surface area contributed by atoms with Crippen LogP contribution in [0.25, 0.3) is 0 Å². The van der Waals surface area contributed by atoms with Crippen LogP contribution in [0.2, 0.25) is 0 Å². The molecule has 0 amide bonds. The first kappa shape index (κ1) is 11.2. The molecule has 88 valence electrons. The Balaban J connectivity index is 1.94. The van der Waals surface area contributed by atoms with Crippen molar-refractivity contribution >= 4 is 11.4 Å². The first-order chi connectivity index (χ1) is 7.66. The highest BCUT2D eigenvalue weighted by Crippen LogP contribution is 2.31. The van der Waals surface area contributed by atoms with Crippen LogP contribution in [0.3, 0.4) is 0 Å². The number of hydrogen-bond donors (Lipinski definition) is 2. The second kappa shape index (κ2) is 4.73. The number of nitrogens with one attached hydrogen (secondary N) is 1. The van der Waals surface area contributed by atoms with Crippen LogP contribution < -0.4 is 11.1 Å². The second-order valence-electron chi connectivity index (χ2n) is 4.79. The van der Waals surface area contributed by atoms with E-state index in [1.54, 1.807) is 12.1 Å². The van der Waals surface area contributed by atoms with E-state index in [0.29, 0.717) is 17.3 Å². The summed E-state index contributed by atoms with van der Waals surface area (Å²) in [4.78, 5) is 0. The summed E-state index contributed by atoms with van der Waals surface area (Å²) in [5.41, 5.74) is 6.53. The Morgan fingerprint density at radius 1 is 1.44 bits per heavy atom. The average Bonchev–Trinajstić information content (AvgIpc) is 2.63. The van der Waals surface area contributed by atoms with Gasteiger partial charge in [0.2, 0.25) is 0 Å². The Labute approximate surface area is 96.0 Å². The van der Waals surface area contributed by atoms with Gasteiger partial charge in [-0.15, -0.1) is 0 Å². The van der Waals surface area contributed by atoms with Crippen LogP contribution in [-0.4, -0.2) is 6.54 Å². The molecular formula is C13H19FN2. The van der Waals surface area contributed by atoms with Crippen LogP contribution in [0.5, 0.6) is 0 Å². The van der Waals surface area contributed by atoms with Crippen LogP contribution in [0.15, 0.2) is 18.2 Å². The first-order valence-electron chi connectivity index (χ1n) is 5.95. The lowest BCUT2D eigenvalue weighted by atomic mass is 9.98. The molecule has 2 unspecified atom stereocenters. The second-order valence-corrected chi connectivity index (χ2v) is 4.79. The van der Waals surface area contributed by atoms with Gasteiger partial charge in [-0.25, -0.2) is 4.39 Å². The molecule has 3 heteroatoms. The van der Waals surface area contributed by atoms with Crippen molar-refractivity contribution in [1.29, 1.82) is 0 Å². The highest BCUT2D eigenvalue weighted by atomic mass is 19.1. The van der Waals surface area contributed by atoms with Crippen LogP contribution in [0, 0.1) is 17.7 Å². The largest absolute Gasteiger partial charge is 0.399 e. The number of rotatable bonds is 3. The summed E-state index contributed by atoms with van der Waals surface area (Å²) < 4.78 is 13.5. The van der Waals surface area contributed by atoms with Crippen LogP contribution in [0.4, 0.5) is 15.8 Å². The molecule has 2 nitrogen and oxygen atoms in total. The zero-order valence-electron chi connectivity index (χ0n) is 9.67. The molecule has 1 saturated carbocycles. The number of nitrogens with two attached hydrogens (primary N) is 1. The molecule has 2 rings (SSSR count). The Hall–Kier alpha value is -1.25. The van der Waals surface area contributed by atoms with Crippen LogP contribution in [0.1, 0.15) is 26.2 Å². The minimum atomic E-state index is -0.259. The molecule has 3 N–H and O–H groups in total. The molecular weight excluding hydrogens is 203 g/mol. The lowest BCUT2D eigenvalue weighted by Crippen LogP contribution is -2.17. The summed E-state index contributed by atoms with van der Waals surface area (Å²) in [6.07, 6.45) is 3.86. The van der Waals surface area contributed by atoms with Crippen molar-refractivity contribution < 1.29 is 4.39 Å². The molecule has 0 bridgehead atoms. The Bertz CT molecular complexity index is 365. The highest BCUT2D eigenvalue weighted by molar-refractivity contribution is 5.52. The Morgan fingerprint density at radius 3 is 2.88 bits per heavy atom. The van der Waals surface area contributed by atoms with Gasteiger partial charge in [0.25, 0.3) is 0 Å². The topological polar surface area (TPSA) is 38.0 Å². The van der Waals surface area contributed by atoms with Gasteiger partial charge in [0.15, 0.2) is 0 Å². The zero-order chi connectivity index (χ0) is 11.5. The van der Waals surface area contributed by atoms with Gasteiger partial charge in [-0.2, -0.15) is 0 Å². The number of anilines is 2. The van der Waals surface area contributed by atoms with Crippen molar-refractivity contribution in [3.8, 4) is 0 Å². The molecule has 0 spiro atoms. The minimum absolute atomic E-state index is 0.259. The summed E-state index contributed by atoms with van der Waals surface area (Å²) >= 11 is 0. The summed E-state index contributed by atoms with van der Waals surface area (Å²) in [7, 11) is 0. The third-order valence-corrected chi connectivity index (χ3v) is 3.59. The van der Waals surface area contributed by atoms with E-state index in [4.69, 9.17) is 5.73 Å². The van der Waals surface area contributed by atoms with E-state index in [1.807, 2.05) is 0 Å². The van der Waals surface area contributed by atoms with Crippen LogP contribution in [-0.2, 0) is 0 Å². The SMILES string of the molecule is CC1CCCC1CNc1ccc(N)cc1F. The minimum Gasteiger partial charge on any atom is -0.399 e. The van der Waals surface area contributed by atoms with E-state index < -0.39 is 0 Å². The summed E-state index contributed by atoms with van der Waals surface area (Å²) in [6.45, 7) is 3.14. The molecule has 1 aliphatic carbocycles. The fourth-order valence-electron chi connectivity index (χ4n) is 2.44. The van der Waals surface area contributed by atoms with Crippen molar-refractivity contribution in [2.45, 2.75) is 26.2 Å². The lowest BCUT2D eigenvalue weighted by Gasteiger charge is -2.17. The molecule has 0 aromatic heterocycles. The van der Waals surface area contributed by atoms with E-state index in [0.717, 1.165) is 12.5 Å². The van der Waals surface area contributed by atoms with Crippen molar-refractivity contribution in [3.05, 3.63) is 24.0 Å². The third-order valence-electron chi connectivity index (χ3n) is 3.59. The first-order valence-corrected chi connectivity index (χ1v) is 5.95. The van der Waals surface area contributed by atoms with Crippen molar-refractivity contribution in [3.63, 3.8) is 0 Å². The Kier molecular flexibility index (Phi) is 3.32. The van der Waals surface area contributed by atoms with Gasteiger partial charge in [-0.05, 0) is 36.5 Å². The molecule has 1 fully saturated rings. The molecule has 16 heavy (non-hydrogen) atoms. The van der Waals surface area contributed by atoms with E-state index >= 15 is 0 Å². The summed E-state index contributed by atoms with van der Waals surface area (Å²) in [5.74, 6) is 1.17. The highest BCUT2D eigenvalue weighted by Gasteiger charge is 2.22. The van der Waals surface area contributed by atoms with Gasteiger partial charge in [0.1, 0.15) is 5.82 Å². The molecule has 0 radical (unpaired) electrons. The van der Waals surface area contributed by atoms with E-state index in [9.17, 15) is 4.39 Å². The van der Waals surface area contributed by atoms with Gasteiger partial charge in [0, 0.05) is 12.2 Å². The van der Waals surface area contributed by atoms with E-state index in [1.165, 1.54) is 25.3 Å². The standard InChI is InChI=1S/C13H19FN2/c1-9-3-2-4-10(9)8-16-13-6-5-11(15)7-12(13)14/h5-7,9-10,16H,2-4,8,15H2,1H3. The van der Waals surface area contributed by atoms with E-state index in [2.05, 4.69) is 12.2 Å². The lowest BCUT2D eigenvalue weighted by molar-refractivity contribution is 0.439. The number of nitrogen functional groups attached to an aromatic ring is 1. The van der Waals surface area contributed by atoms with E-state index in [-0.39, 0.29) is 5.82 Å². The maximum absolute atomic E-state index is 13.5. The summed E-state index contributed by atoms with van der Waals surface area (Å²) in [6, 6.07) is 4.80. The molecule has 0 heterocycles. The number of halogens is 1. The molecule has 1 aliphatic rings. The zero-order valence-corrected chi connectivity index (χ0v) is 9.67. The normalized spacial score (nSPS) is 24.6. The van der Waals surface area contributed by atoms with Gasteiger partial charge in [-0.3, -0.25) is 0 Å². The fourth-order valence-corrected chi connectivity index (χ4v) is 2.44. The third kappa shape index (κ3) is 2.46. The van der Waals surface area contributed by atoms with Crippen LogP contribution >= 0.6 is 0 Å². The maximum atomic E-state index is 13.5. The fraction of sp³-hybridized carbons (Fsp3) is 0.538. The molecule has 2 atom stereocenters. The van der Waals surface area contributed by atoms with Gasteiger partial charge in [0.05, 0.1) is 5.69 Å². The predicted molar refractivity (Wildman–Crippen MR) is 65.8 cm³/mol. The smallest absolute Gasteiger partial charge is 0.148 e. The summed E-state index contributed by atoms with van der Waals surface area (Å²) in [5, 5.41) is 3.18. The average molecular weight is 222 g/mol.